The monoisotopic (exact) mass is 687 g/mol. The lowest BCUT2D eigenvalue weighted by Crippen LogP contribution is -1.84. The number of tetrazole rings is 1. The van der Waals surface area contributed by atoms with E-state index in [1.807, 2.05) is 107 Å². The minimum Gasteiger partial charge on any atom is -0.235 e. The van der Waals surface area contributed by atoms with E-state index in [0.717, 1.165) is 69.6 Å². The molecule has 0 radical (unpaired) electrons. The molecule has 1 N–H and O–H groups in total. The van der Waals surface area contributed by atoms with E-state index in [0.29, 0.717) is 10.7 Å². The summed E-state index contributed by atoms with van der Waals surface area (Å²) in [5.41, 5.74) is 7.58. The first-order chi connectivity index (χ1) is 23.1. The Kier molecular flexibility index (Phi) is 7.46. The quantitative estimate of drug-likeness (QED) is 0.192. The SMILES string of the molecule is Cc1nn2ccsc2c1-c1nc(-c2ccccc2)c(-c2nn[nH]n2)s1.Cc1nn2ccsc2c1-c1nc(-c2ccccc2)c(C#N)s1. The summed E-state index contributed by atoms with van der Waals surface area (Å²) in [6.45, 7) is 3.98. The number of nitrogens with one attached hydrogen (secondary N) is 1. The van der Waals surface area contributed by atoms with Gasteiger partial charge in [0, 0.05) is 34.3 Å². The van der Waals surface area contributed by atoms with Gasteiger partial charge in [-0.2, -0.15) is 20.7 Å². The smallest absolute Gasteiger partial charge is 0.216 e. The highest BCUT2D eigenvalue weighted by Crippen LogP contribution is 2.42. The van der Waals surface area contributed by atoms with Crippen molar-refractivity contribution in [1.82, 2.24) is 49.8 Å². The normalized spacial score (nSPS) is 11.2. The number of nitriles is 1. The Hall–Kier alpha value is -5.40. The number of benzene rings is 2. The highest BCUT2D eigenvalue weighted by molar-refractivity contribution is 7.20. The van der Waals surface area contributed by atoms with Crippen molar-refractivity contribution in [3.63, 3.8) is 0 Å². The Morgan fingerprint density at radius 1 is 0.723 bits per heavy atom. The lowest BCUT2D eigenvalue weighted by Gasteiger charge is -1.98. The first-order valence-corrected chi connectivity index (χ1v) is 17.6. The summed E-state index contributed by atoms with van der Waals surface area (Å²) in [6.07, 6.45) is 3.90. The second-order valence-corrected chi connectivity index (χ2v) is 14.0. The predicted octanol–water partition coefficient (Wildman–Crippen LogP) is 8.04. The van der Waals surface area contributed by atoms with Gasteiger partial charge in [-0.3, -0.25) is 0 Å². The van der Waals surface area contributed by atoms with E-state index in [9.17, 15) is 5.26 Å². The Bertz CT molecular complexity index is 2510. The van der Waals surface area contributed by atoms with Crippen molar-refractivity contribution < 1.29 is 0 Å². The molecular weight excluding hydrogens is 667 g/mol. The number of thiazole rings is 4. The second kappa shape index (κ2) is 12.1. The summed E-state index contributed by atoms with van der Waals surface area (Å²) in [5.74, 6) is 0.551. The first-order valence-electron chi connectivity index (χ1n) is 14.2. The van der Waals surface area contributed by atoms with Crippen molar-refractivity contribution in [1.29, 1.82) is 5.26 Å². The molecule has 11 nitrogen and oxygen atoms in total. The fourth-order valence-corrected chi connectivity index (χ4v) is 9.18. The third-order valence-electron chi connectivity index (χ3n) is 7.27. The number of aromatic nitrogens is 10. The van der Waals surface area contributed by atoms with Crippen molar-refractivity contribution >= 4 is 55.0 Å². The largest absolute Gasteiger partial charge is 0.235 e. The van der Waals surface area contributed by atoms with Crippen LogP contribution >= 0.6 is 45.3 Å². The van der Waals surface area contributed by atoms with Gasteiger partial charge in [0.2, 0.25) is 5.82 Å². The van der Waals surface area contributed by atoms with Crippen LogP contribution in [-0.4, -0.2) is 49.8 Å². The number of fused-ring (bicyclic) bond motifs is 2. The lowest BCUT2D eigenvalue weighted by molar-refractivity contribution is 0.881. The highest BCUT2D eigenvalue weighted by Gasteiger charge is 2.23. The molecule has 0 aliphatic rings. The Balaban J connectivity index is 0.000000139. The maximum atomic E-state index is 9.44. The van der Waals surface area contributed by atoms with Crippen LogP contribution in [0.4, 0.5) is 0 Å². The van der Waals surface area contributed by atoms with Gasteiger partial charge >= 0.3 is 0 Å². The Morgan fingerprint density at radius 2 is 1.28 bits per heavy atom. The third kappa shape index (κ3) is 5.22. The summed E-state index contributed by atoms with van der Waals surface area (Å²) < 4.78 is 3.76. The van der Waals surface area contributed by atoms with Crippen molar-refractivity contribution in [2.45, 2.75) is 13.8 Å². The summed E-state index contributed by atoms with van der Waals surface area (Å²) in [4.78, 5) is 13.3. The topological polar surface area (TPSA) is 139 Å². The molecule has 0 saturated heterocycles. The number of rotatable bonds is 5. The molecule has 0 aliphatic carbocycles. The average Bonchev–Trinajstić information content (AvgIpc) is 3.94. The first kappa shape index (κ1) is 29.0. The van der Waals surface area contributed by atoms with E-state index in [1.165, 1.54) is 11.3 Å². The maximum Gasteiger partial charge on any atom is 0.216 e. The summed E-state index contributed by atoms with van der Waals surface area (Å²) in [7, 11) is 0. The molecule has 0 unspecified atom stereocenters. The molecule has 15 heteroatoms. The molecule has 7 aromatic heterocycles. The Labute approximate surface area is 283 Å². The molecule has 228 valence electrons. The van der Waals surface area contributed by atoms with Crippen LogP contribution in [0, 0.1) is 25.2 Å². The predicted molar refractivity (Wildman–Crippen MR) is 187 cm³/mol. The molecule has 9 aromatic rings. The number of hydrogen-bond donors (Lipinski definition) is 1. The van der Waals surface area contributed by atoms with Gasteiger partial charge in [0.1, 0.15) is 35.5 Å². The van der Waals surface area contributed by atoms with Crippen LogP contribution in [0.15, 0.2) is 83.8 Å². The molecular formula is C32H21N11S4. The zero-order chi connectivity index (χ0) is 31.9. The molecule has 0 amide bonds. The fraction of sp³-hybridized carbons (Fsp3) is 0.0625. The molecule has 0 saturated carbocycles. The molecule has 0 fully saturated rings. The van der Waals surface area contributed by atoms with Crippen LogP contribution in [-0.2, 0) is 0 Å². The molecule has 0 spiro atoms. The third-order valence-corrected chi connectivity index (χ3v) is 11.1. The van der Waals surface area contributed by atoms with Crippen molar-refractivity contribution in [2.75, 3.05) is 0 Å². The minimum absolute atomic E-state index is 0.551. The number of aryl methyl sites for hydroxylation is 2. The van der Waals surface area contributed by atoms with Gasteiger partial charge in [-0.15, -0.1) is 55.5 Å². The molecule has 47 heavy (non-hydrogen) atoms. The molecule has 0 atom stereocenters. The Morgan fingerprint density at radius 3 is 1.83 bits per heavy atom. The van der Waals surface area contributed by atoms with E-state index in [2.05, 4.69) is 36.9 Å². The van der Waals surface area contributed by atoms with Crippen LogP contribution in [0.25, 0.3) is 64.0 Å². The van der Waals surface area contributed by atoms with Gasteiger partial charge in [0.25, 0.3) is 0 Å². The van der Waals surface area contributed by atoms with Crippen LogP contribution in [0.5, 0.6) is 0 Å². The second-order valence-electron chi connectivity index (χ2n) is 10.2. The minimum atomic E-state index is 0.551. The molecule has 0 aliphatic heterocycles. The van der Waals surface area contributed by atoms with Gasteiger partial charge in [0.05, 0.1) is 33.9 Å². The summed E-state index contributed by atoms with van der Waals surface area (Å²) in [5, 5.41) is 38.8. The zero-order valence-corrected chi connectivity index (χ0v) is 28.0. The van der Waals surface area contributed by atoms with Crippen molar-refractivity contribution in [3.8, 4) is 60.4 Å². The maximum absolute atomic E-state index is 9.44. The van der Waals surface area contributed by atoms with Gasteiger partial charge in [-0.05, 0) is 19.1 Å². The number of hydrogen-bond acceptors (Lipinski definition) is 12. The number of aromatic amines is 1. The summed E-state index contributed by atoms with van der Waals surface area (Å²) >= 11 is 6.27. The van der Waals surface area contributed by atoms with Crippen LogP contribution < -0.4 is 0 Å². The number of H-pyrrole nitrogens is 1. The van der Waals surface area contributed by atoms with E-state index in [4.69, 9.17) is 9.97 Å². The molecule has 7 heterocycles. The van der Waals surface area contributed by atoms with Gasteiger partial charge in [0.15, 0.2) is 0 Å². The molecule has 9 rings (SSSR count). The van der Waals surface area contributed by atoms with Crippen molar-refractivity contribution in [2.24, 2.45) is 0 Å². The summed E-state index contributed by atoms with van der Waals surface area (Å²) in [6, 6.07) is 22.1. The highest BCUT2D eigenvalue weighted by atomic mass is 32.1. The van der Waals surface area contributed by atoms with Gasteiger partial charge in [-0.25, -0.2) is 19.0 Å². The van der Waals surface area contributed by atoms with E-state index >= 15 is 0 Å². The van der Waals surface area contributed by atoms with E-state index in [1.54, 1.807) is 34.0 Å². The standard InChI is InChI=1S/C16H11N7S2.C16H10N4S2/c1-9-11(16-23(20-9)7-8-24-16)15-17-12(10-5-3-2-4-6-10)13(25-15)14-18-21-22-19-14;1-10-13(16-20(19-10)7-8-21-16)15-18-14(12(9-17)22-15)11-5-3-2-4-6-11/h2-8H,1H3,(H,18,19,21,22);2-8H,1H3. The van der Waals surface area contributed by atoms with E-state index in [-0.39, 0.29) is 0 Å². The zero-order valence-electron chi connectivity index (χ0n) is 24.7. The number of nitrogens with zero attached hydrogens (tertiary/aromatic N) is 10. The average molecular weight is 688 g/mol. The lowest BCUT2D eigenvalue weighted by atomic mass is 10.1. The van der Waals surface area contributed by atoms with Crippen LogP contribution in [0.2, 0.25) is 0 Å². The fourth-order valence-electron chi connectivity index (χ4n) is 5.20. The van der Waals surface area contributed by atoms with Gasteiger partial charge in [-0.1, -0.05) is 60.7 Å². The van der Waals surface area contributed by atoms with Crippen LogP contribution in [0.1, 0.15) is 16.3 Å². The van der Waals surface area contributed by atoms with Gasteiger partial charge < -0.3 is 0 Å². The van der Waals surface area contributed by atoms with Crippen LogP contribution in [0.3, 0.4) is 0 Å². The molecule has 0 bridgehead atoms. The molecule has 2 aromatic carbocycles. The van der Waals surface area contributed by atoms with E-state index < -0.39 is 0 Å². The van der Waals surface area contributed by atoms with Crippen molar-refractivity contribution in [3.05, 3.63) is 100 Å².